The molecule has 188 valence electrons. The van der Waals surface area contributed by atoms with Crippen molar-refractivity contribution in [2.75, 3.05) is 13.7 Å². The highest BCUT2D eigenvalue weighted by Gasteiger charge is 2.39. The third-order valence-corrected chi connectivity index (χ3v) is 7.50. The first kappa shape index (κ1) is 25.6. The second-order valence-electron chi connectivity index (χ2n) is 7.76. The minimum absolute atomic E-state index is 0.0631. The van der Waals surface area contributed by atoms with Gasteiger partial charge in [0.1, 0.15) is 0 Å². The van der Waals surface area contributed by atoms with E-state index in [4.69, 9.17) is 26.1 Å². The molecule has 1 unspecified atom stereocenters. The number of sulfonamides is 1. The Labute approximate surface area is 215 Å². The average molecular weight is 528 g/mol. The molecular formula is C25H26ClN5O4S. The second-order valence-corrected chi connectivity index (χ2v) is 10.0. The molecule has 1 aliphatic rings. The fourth-order valence-electron chi connectivity index (χ4n) is 3.56. The van der Waals surface area contributed by atoms with Crippen LogP contribution in [0.5, 0.6) is 11.5 Å². The number of hydrogen-bond donors (Lipinski definition) is 1. The molecule has 0 fully saturated rings. The number of aliphatic imine (C=N–C) groups is 1. The number of nitrogens with one attached hydrogen (secondary N) is 1. The van der Waals surface area contributed by atoms with Crippen LogP contribution in [0.15, 0.2) is 93.9 Å². The van der Waals surface area contributed by atoms with Crippen molar-refractivity contribution < 1.29 is 17.9 Å². The molecule has 1 atom stereocenters. The summed E-state index contributed by atoms with van der Waals surface area (Å²) in [5, 5.41) is 3.02. The fourth-order valence-corrected chi connectivity index (χ4v) is 5.33. The standard InChI is InChI=1S/C25H26ClN5O4S/c1-3-4-17-31(36(32,33)18-11-6-5-7-12-18)25-21(35-20-14-9-8-13-19(20)34-2)22(26)29-24(30-25)23-27-15-10-16-28-23/h5-16,25H,3-4,17H2,1-2H3,(H,29,30). The number of halogens is 1. The molecule has 0 saturated heterocycles. The Bertz CT molecular complexity index is 1350. The summed E-state index contributed by atoms with van der Waals surface area (Å²) in [6.07, 6.45) is 3.37. The number of hydrogen-bond acceptors (Lipinski definition) is 8. The Morgan fingerprint density at radius 2 is 1.67 bits per heavy atom. The van der Waals surface area contributed by atoms with Gasteiger partial charge in [0.2, 0.25) is 10.0 Å². The highest BCUT2D eigenvalue weighted by Crippen LogP contribution is 2.34. The van der Waals surface area contributed by atoms with Crippen LogP contribution in [-0.2, 0) is 10.0 Å². The minimum Gasteiger partial charge on any atom is -0.493 e. The van der Waals surface area contributed by atoms with E-state index in [1.807, 2.05) is 6.92 Å². The third-order valence-electron chi connectivity index (χ3n) is 5.35. The van der Waals surface area contributed by atoms with Crippen molar-refractivity contribution in [3.63, 3.8) is 0 Å². The maximum Gasteiger partial charge on any atom is 0.245 e. The number of nitrogens with zero attached hydrogens (tertiary/aromatic N) is 4. The summed E-state index contributed by atoms with van der Waals surface area (Å²) in [5.74, 6) is 1.42. The highest BCUT2D eigenvalue weighted by atomic mass is 35.5. The van der Waals surface area contributed by atoms with Gasteiger partial charge in [-0.05, 0) is 36.8 Å². The molecule has 0 aliphatic carbocycles. The molecule has 2 aromatic carbocycles. The number of rotatable bonds is 10. The van der Waals surface area contributed by atoms with Crippen LogP contribution in [0.3, 0.4) is 0 Å². The maximum absolute atomic E-state index is 13.9. The topological polar surface area (TPSA) is 106 Å². The van der Waals surface area contributed by atoms with Crippen LogP contribution >= 0.6 is 11.6 Å². The Hall–Kier alpha value is -3.47. The van der Waals surface area contributed by atoms with Crippen LogP contribution in [0.4, 0.5) is 0 Å². The summed E-state index contributed by atoms with van der Waals surface area (Å²) in [5.41, 5.74) is 0. The van der Waals surface area contributed by atoms with Crippen molar-refractivity contribution >= 4 is 27.5 Å². The number of unbranched alkanes of at least 4 members (excludes halogenated alkanes) is 1. The van der Waals surface area contributed by atoms with Gasteiger partial charge in [0, 0.05) is 18.9 Å². The summed E-state index contributed by atoms with van der Waals surface area (Å²) < 4.78 is 40.6. The number of ether oxygens (including phenoxy) is 2. The Balaban J connectivity index is 1.85. The lowest BCUT2D eigenvalue weighted by Crippen LogP contribution is -2.47. The predicted molar refractivity (Wildman–Crippen MR) is 137 cm³/mol. The maximum atomic E-state index is 13.9. The van der Waals surface area contributed by atoms with Crippen molar-refractivity contribution in [2.45, 2.75) is 30.8 Å². The Morgan fingerprint density at radius 3 is 2.33 bits per heavy atom. The molecule has 3 aromatic rings. The number of para-hydroxylation sites is 2. The van der Waals surface area contributed by atoms with Crippen LogP contribution in [0.1, 0.15) is 25.6 Å². The smallest absolute Gasteiger partial charge is 0.245 e. The van der Waals surface area contributed by atoms with Crippen LogP contribution in [-0.4, -0.2) is 48.3 Å². The summed E-state index contributed by atoms with van der Waals surface area (Å²) in [4.78, 5) is 13.3. The normalized spacial score (nSPS) is 15.9. The molecule has 0 bridgehead atoms. The molecule has 0 amide bonds. The summed E-state index contributed by atoms with van der Waals surface area (Å²) in [6, 6.07) is 16.9. The molecule has 0 radical (unpaired) electrons. The molecule has 2 heterocycles. The van der Waals surface area contributed by atoms with Crippen LogP contribution < -0.4 is 14.8 Å². The van der Waals surface area contributed by atoms with Gasteiger partial charge in [0.25, 0.3) is 0 Å². The van der Waals surface area contributed by atoms with E-state index in [-0.39, 0.29) is 34.0 Å². The van der Waals surface area contributed by atoms with E-state index >= 15 is 0 Å². The molecule has 1 aliphatic heterocycles. The van der Waals surface area contributed by atoms with E-state index < -0.39 is 16.2 Å². The van der Waals surface area contributed by atoms with Crippen molar-refractivity contribution in [1.29, 1.82) is 0 Å². The van der Waals surface area contributed by atoms with Gasteiger partial charge in [0.05, 0.1) is 12.0 Å². The summed E-state index contributed by atoms with van der Waals surface area (Å²) in [7, 11) is -2.47. The molecule has 1 aromatic heterocycles. The van der Waals surface area contributed by atoms with E-state index in [1.165, 1.54) is 11.4 Å². The highest BCUT2D eigenvalue weighted by molar-refractivity contribution is 7.89. The van der Waals surface area contributed by atoms with E-state index in [1.54, 1.807) is 73.1 Å². The van der Waals surface area contributed by atoms with Crippen molar-refractivity contribution in [2.24, 2.45) is 4.99 Å². The van der Waals surface area contributed by atoms with Gasteiger partial charge in [-0.3, -0.25) is 0 Å². The van der Waals surface area contributed by atoms with Gasteiger partial charge in [-0.2, -0.15) is 4.31 Å². The monoisotopic (exact) mass is 527 g/mol. The van der Waals surface area contributed by atoms with E-state index in [0.717, 1.165) is 6.42 Å². The molecule has 11 heteroatoms. The lowest BCUT2D eigenvalue weighted by Gasteiger charge is -2.33. The first-order chi connectivity index (χ1) is 17.5. The van der Waals surface area contributed by atoms with Crippen molar-refractivity contribution in [3.05, 3.63) is 89.8 Å². The molecule has 0 saturated carbocycles. The van der Waals surface area contributed by atoms with Gasteiger partial charge >= 0.3 is 0 Å². The van der Waals surface area contributed by atoms with Gasteiger partial charge in [-0.25, -0.2) is 23.4 Å². The zero-order chi connectivity index (χ0) is 25.5. The predicted octanol–water partition coefficient (Wildman–Crippen LogP) is 4.14. The lowest BCUT2D eigenvalue weighted by atomic mass is 10.2. The minimum atomic E-state index is -3.99. The van der Waals surface area contributed by atoms with E-state index in [9.17, 15) is 8.42 Å². The molecule has 4 rings (SSSR count). The number of aromatic nitrogens is 2. The zero-order valence-electron chi connectivity index (χ0n) is 19.8. The number of benzene rings is 2. The number of methoxy groups -OCH3 is 1. The summed E-state index contributed by atoms with van der Waals surface area (Å²) >= 11 is 6.69. The van der Waals surface area contributed by atoms with Crippen LogP contribution in [0, 0.1) is 0 Å². The number of amidine groups is 1. The van der Waals surface area contributed by atoms with Crippen molar-refractivity contribution in [1.82, 2.24) is 19.6 Å². The Kier molecular flexibility index (Phi) is 8.19. The lowest BCUT2D eigenvalue weighted by molar-refractivity contribution is 0.262. The fraction of sp³-hybridized carbons (Fsp3) is 0.240. The van der Waals surface area contributed by atoms with Crippen molar-refractivity contribution in [3.8, 4) is 11.5 Å². The largest absolute Gasteiger partial charge is 0.493 e. The van der Waals surface area contributed by atoms with Gasteiger partial charge in [0.15, 0.2) is 40.2 Å². The second kappa shape index (κ2) is 11.5. The SMILES string of the molecule is CCCCN(C1N=C(c2ncccn2)NC(Cl)=C1Oc1ccccc1OC)S(=O)(=O)c1ccccc1. The Morgan fingerprint density at radius 1 is 1.00 bits per heavy atom. The first-order valence-electron chi connectivity index (χ1n) is 11.3. The average Bonchev–Trinajstić information content (AvgIpc) is 2.91. The van der Waals surface area contributed by atoms with Crippen LogP contribution in [0.2, 0.25) is 0 Å². The van der Waals surface area contributed by atoms with Crippen LogP contribution in [0.25, 0.3) is 0 Å². The van der Waals surface area contributed by atoms with Gasteiger partial charge in [-0.15, -0.1) is 0 Å². The quantitative estimate of drug-likeness (QED) is 0.395. The summed E-state index contributed by atoms with van der Waals surface area (Å²) in [6.45, 7) is 2.17. The first-order valence-corrected chi connectivity index (χ1v) is 13.2. The molecule has 36 heavy (non-hydrogen) atoms. The molecular weight excluding hydrogens is 502 g/mol. The van der Waals surface area contributed by atoms with Gasteiger partial charge in [-0.1, -0.05) is 55.3 Å². The molecule has 0 spiro atoms. The van der Waals surface area contributed by atoms with Gasteiger partial charge < -0.3 is 14.8 Å². The third kappa shape index (κ3) is 5.51. The zero-order valence-corrected chi connectivity index (χ0v) is 21.4. The van der Waals surface area contributed by atoms with E-state index in [0.29, 0.717) is 17.9 Å². The van der Waals surface area contributed by atoms with E-state index in [2.05, 4.69) is 15.3 Å². The molecule has 1 N–H and O–H groups in total. The molecule has 9 nitrogen and oxygen atoms in total.